The van der Waals surface area contributed by atoms with Crippen LogP contribution < -0.4 is 15.4 Å². The zero-order chi connectivity index (χ0) is 16.7. The van der Waals surface area contributed by atoms with Crippen LogP contribution in [0.25, 0.3) is 0 Å². The normalized spacial score (nSPS) is 18.7. The van der Waals surface area contributed by atoms with Gasteiger partial charge in [0, 0.05) is 38.8 Å². The van der Waals surface area contributed by atoms with Crippen LogP contribution in [0.2, 0.25) is 0 Å². The molecule has 0 saturated carbocycles. The van der Waals surface area contributed by atoms with Crippen LogP contribution in [-0.4, -0.2) is 64.4 Å². The molecular formula is C17H29IN4O2. The molecule has 1 heterocycles. The molecule has 1 aromatic rings. The molecule has 136 valence electrons. The van der Waals surface area contributed by atoms with Crippen LogP contribution in [0.1, 0.15) is 11.1 Å². The highest BCUT2D eigenvalue weighted by Gasteiger charge is 2.17. The van der Waals surface area contributed by atoms with E-state index in [1.165, 1.54) is 5.56 Å². The lowest BCUT2D eigenvalue weighted by atomic mass is 10.1. The Kier molecular flexibility index (Phi) is 9.38. The van der Waals surface area contributed by atoms with E-state index in [1.54, 1.807) is 14.2 Å². The summed E-state index contributed by atoms with van der Waals surface area (Å²) in [6, 6.07) is 6.20. The first kappa shape index (κ1) is 21.0. The molecule has 0 aromatic heterocycles. The number of halogens is 1. The molecule has 0 amide bonds. The van der Waals surface area contributed by atoms with E-state index in [4.69, 9.17) is 9.47 Å². The van der Waals surface area contributed by atoms with Gasteiger partial charge < -0.3 is 25.0 Å². The van der Waals surface area contributed by atoms with E-state index in [2.05, 4.69) is 46.6 Å². The van der Waals surface area contributed by atoms with Crippen molar-refractivity contribution in [2.45, 2.75) is 19.6 Å². The zero-order valence-electron chi connectivity index (χ0n) is 15.0. The summed E-state index contributed by atoms with van der Waals surface area (Å²) in [7, 11) is 5.59. The summed E-state index contributed by atoms with van der Waals surface area (Å²) in [5.41, 5.74) is 2.29. The molecule has 1 unspecified atom stereocenters. The van der Waals surface area contributed by atoms with E-state index in [9.17, 15) is 0 Å². The quantitative estimate of drug-likeness (QED) is 0.408. The van der Waals surface area contributed by atoms with Gasteiger partial charge in [0.05, 0.1) is 19.8 Å². The number of aliphatic imine (C=N–C) groups is 1. The Morgan fingerprint density at radius 1 is 1.42 bits per heavy atom. The number of likely N-dealkylation sites (N-methyl/N-ethyl adjacent to an activating group) is 1. The molecule has 1 aliphatic rings. The Bertz CT molecular complexity index is 539. The molecule has 7 heteroatoms. The number of nitrogens with one attached hydrogen (secondary N) is 2. The minimum Gasteiger partial charge on any atom is -0.496 e. The van der Waals surface area contributed by atoms with Gasteiger partial charge in [0.2, 0.25) is 0 Å². The van der Waals surface area contributed by atoms with Crippen LogP contribution in [-0.2, 0) is 11.3 Å². The lowest BCUT2D eigenvalue weighted by molar-refractivity contribution is -0.0161. The summed E-state index contributed by atoms with van der Waals surface area (Å²) in [4.78, 5) is 6.54. The Balaban J connectivity index is 0.00000288. The summed E-state index contributed by atoms with van der Waals surface area (Å²) in [6.45, 7) is 6.19. The van der Waals surface area contributed by atoms with Crippen molar-refractivity contribution >= 4 is 29.9 Å². The molecule has 2 rings (SSSR count). The van der Waals surface area contributed by atoms with Crippen molar-refractivity contribution < 1.29 is 9.47 Å². The van der Waals surface area contributed by atoms with Gasteiger partial charge in [-0.05, 0) is 25.6 Å². The minimum atomic E-state index is 0. The summed E-state index contributed by atoms with van der Waals surface area (Å²) >= 11 is 0. The van der Waals surface area contributed by atoms with Crippen LogP contribution in [0.15, 0.2) is 23.2 Å². The van der Waals surface area contributed by atoms with Crippen molar-refractivity contribution in [3.63, 3.8) is 0 Å². The lowest BCUT2D eigenvalue weighted by Gasteiger charge is -2.30. The monoisotopic (exact) mass is 448 g/mol. The van der Waals surface area contributed by atoms with Gasteiger partial charge in [-0.1, -0.05) is 12.1 Å². The van der Waals surface area contributed by atoms with E-state index >= 15 is 0 Å². The molecule has 24 heavy (non-hydrogen) atoms. The van der Waals surface area contributed by atoms with Gasteiger partial charge >= 0.3 is 0 Å². The number of morpholine rings is 1. The Hall–Kier alpha value is -1.06. The molecule has 1 saturated heterocycles. The molecule has 0 radical (unpaired) electrons. The van der Waals surface area contributed by atoms with Crippen molar-refractivity contribution in [2.24, 2.45) is 4.99 Å². The molecule has 6 nitrogen and oxygen atoms in total. The molecule has 1 aromatic carbocycles. The number of nitrogens with zero attached hydrogens (tertiary/aromatic N) is 2. The number of hydrogen-bond acceptors (Lipinski definition) is 4. The van der Waals surface area contributed by atoms with Crippen molar-refractivity contribution in [2.75, 3.05) is 47.4 Å². The van der Waals surface area contributed by atoms with E-state index in [0.29, 0.717) is 6.54 Å². The molecule has 0 spiro atoms. The van der Waals surface area contributed by atoms with Crippen LogP contribution in [0.5, 0.6) is 5.75 Å². The van der Waals surface area contributed by atoms with Gasteiger partial charge in [-0.25, -0.2) is 0 Å². The average molecular weight is 448 g/mol. The molecule has 0 bridgehead atoms. The van der Waals surface area contributed by atoms with Crippen molar-refractivity contribution in [1.29, 1.82) is 0 Å². The molecule has 1 atom stereocenters. The second kappa shape index (κ2) is 10.7. The number of ether oxygens (including phenoxy) is 2. The third kappa shape index (κ3) is 6.45. The Morgan fingerprint density at radius 3 is 2.88 bits per heavy atom. The topological polar surface area (TPSA) is 58.1 Å². The standard InChI is InChI=1S/C17H28N4O2.HI/c1-13-5-6-14(16(9-13)22-4)10-19-17(18-2)20-11-15-12-21(3)7-8-23-15;/h5-6,9,15H,7-8,10-12H2,1-4H3,(H2,18,19,20);1H. The predicted molar refractivity (Wildman–Crippen MR) is 109 cm³/mol. The summed E-state index contributed by atoms with van der Waals surface area (Å²) < 4.78 is 11.2. The number of guanidine groups is 1. The van der Waals surface area contributed by atoms with Gasteiger partial charge in [-0.3, -0.25) is 4.99 Å². The summed E-state index contributed by atoms with van der Waals surface area (Å²) in [6.07, 6.45) is 0.196. The largest absolute Gasteiger partial charge is 0.496 e. The average Bonchev–Trinajstić information content (AvgIpc) is 2.56. The van der Waals surface area contributed by atoms with Gasteiger partial charge in [0.25, 0.3) is 0 Å². The second-order valence-corrected chi connectivity index (χ2v) is 5.88. The first-order chi connectivity index (χ1) is 11.1. The van der Waals surface area contributed by atoms with Gasteiger partial charge in [-0.15, -0.1) is 24.0 Å². The molecule has 2 N–H and O–H groups in total. The maximum absolute atomic E-state index is 5.75. The highest BCUT2D eigenvalue weighted by molar-refractivity contribution is 14.0. The van der Waals surface area contributed by atoms with Gasteiger partial charge in [0.15, 0.2) is 5.96 Å². The third-order valence-electron chi connectivity index (χ3n) is 3.95. The fourth-order valence-electron chi connectivity index (χ4n) is 2.60. The van der Waals surface area contributed by atoms with Gasteiger partial charge in [0.1, 0.15) is 5.75 Å². The number of benzene rings is 1. The number of methoxy groups -OCH3 is 1. The zero-order valence-corrected chi connectivity index (χ0v) is 17.3. The second-order valence-electron chi connectivity index (χ2n) is 5.88. The minimum absolute atomic E-state index is 0. The van der Waals surface area contributed by atoms with E-state index in [0.717, 1.165) is 43.5 Å². The molecule has 1 aliphatic heterocycles. The maximum Gasteiger partial charge on any atom is 0.191 e. The number of rotatable bonds is 5. The van der Waals surface area contributed by atoms with Crippen LogP contribution in [0, 0.1) is 6.92 Å². The number of aryl methyl sites for hydroxylation is 1. The fraction of sp³-hybridized carbons (Fsp3) is 0.588. The first-order valence-corrected chi connectivity index (χ1v) is 8.00. The summed E-state index contributed by atoms with van der Waals surface area (Å²) in [5.74, 6) is 1.66. The molecular weight excluding hydrogens is 419 g/mol. The van der Waals surface area contributed by atoms with Crippen molar-refractivity contribution in [3.05, 3.63) is 29.3 Å². The van der Waals surface area contributed by atoms with Crippen LogP contribution >= 0.6 is 24.0 Å². The van der Waals surface area contributed by atoms with Gasteiger partial charge in [-0.2, -0.15) is 0 Å². The smallest absolute Gasteiger partial charge is 0.191 e. The highest BCUT2D eigenvalue weighted by atomic mass is 127. The van der Waals surface area contributed by atoms with E-state index < -0.39 is 0 Å². The van der Waals surface area contributed by atoms with Crippen LogP contribution in [0.4, 0.5) is 0 Å². The Labute approximate surface area is 162 Å². The van der Waals surface area contributed by atoms with Crippen molar-refractivity contribution in [1.82, 2.24) is 15.5 Å². The first-order valence-electron chi connectivity index (χ1n) is 8.00. The molecule has 0 aliphatic carbocycles. The number of hydrogen-bond donors (Lipinski definition) is 2. The fourth-order valence-corrected chi connectivity index (χ4v) is 2.60. The van der Waals surface area contributed by atoms with E-state index in [-0.39, 0.29) is 30.1 Å². The summed E-state index contributed by atoms with van der Waals surface area (Å²) in [5, 5.41) is 6.65. The highest BCUT2D eigenvalue weighted by Crippen LogP contribution is 2.19. The SMILES string of the molecule is CN=C(NCc1ccc(C)cc1OC)NCC1CN(C)CCO1.I. The molecule has 1 fully saturated rings. The van der Waals surface area contributed by atoms with Crippen molar-refractivity contribution in [3.8, 4) is 5.75 Å². The van der Waals surface area contributed by atoms with Crippen LogP contribution in [0.3, 0.4) is 0 Å². The third-order valence-corrected chi connectivity index (χ3v) is 3.95. The van der Waals surface area contributed by atoms with E-state index in [1.807, 2.05) is 6.07 Å². The lowest BCUT2D eigenvalue weighted by Crippen LogP contribution is -2.48. The Morgan fingerprint density at radius 2 is 2.21 bits per heavy atom. The predicted octanol–water partition coefficient (Wildman–Crippen LogP) is 1.62. The maximum atomic E-state index is 5.75.